The molecule has 0 aromatic heterocycles. The minimum Gasteiger partial charge on any atom is -0.394 e. The minimum absolute atomic E-state index is 0.101. The molecule has 1 aliphatic heterocycles. The smallest absolute Gasteiger partial charge is 0.186 e. The second kappa shape index (κ2) is 12.5. The van der Waals surface area contributed by atoms with Gasteiger partial charge in [0.1, 0.15) is 24.4 Å². The van der Waals surface area contributed by atoms with Gasteiger partial charge in [-0.15, -0.1) is 0 Å². The molecule has 2 unspecified atom stereocenters. The molecule has 0 radical (unpaired) electrons. The van der Waals surface area contributed by atoms with Gasteiger partial charge in [0.25, 0.3) is 0 Å². The van der Waals surface area contributed by atoms with Gasteiger partial charge < -0.3 is 29.9 Å². The number of rotatable bonds is 9. The van der Waals surface area contributed by atoms with E-state index in [1.807, 2.05) is 0 Å². The lowest BCUT2D eigenvalue weighted by molar-refractivity contribution is -0.313. The summed E-state index contributed by atoms with van der Waals surface area (Å²) in [4.78, 5) is 0. The van der Waals surface area contributed by atoms with Crippen LogP contribution in [0.3, 0.4) is 0 Å². The van der Waals surface area contributed by atoms with Crippen molar-refractivity contribution in [1.82, 2.24) is 0 Å². The van der Waals surface area contributed by atoms with Gasteiger partial charge in [0.05, 0.1) is 12.7 Å². The lowest BCUT2D eigenvalue weighted by Crippen LogP contribution is -2.60. The van der Waals surface area contributed by atoms with Gasteiger partial charge in [-0.2, -0.15) is 0 Å². The van der Waals surface area contributed by atoms with Crippen molar-refractivity contribution >= 4 is 0 Å². The molecule has 5 aliphatic rings. The van der Waals surface area contributed by atoms with Gasteiger partial charge in [-0.05, 0) is 110 Å². The van der Waals surface area contributed by atoms with Crippen molar-refractivity contribution in [2.24, 2.45) is 52.3 Å². The zero-order valence-electron chi connectivity index (χ0n) is 26.7. The maximum Gasteiger partial charge on any atom is 0.186 e. The summed E-state index contributed by atoms with van der Waals surface area (Å²) in [6.07, 6.45) is 9.92. The first kappa shape index (κ1) is 31.9. The molecule has 3 saturated carbocycles. The average molecular weight is 577 g/mol. The fourth-order valence-electron chi connectivity index (χ4n) is 10.8. The summed E-state index contributed by atoms with van der Waals surface area (Å²) >= 11 is 0. The van der Waals surface area contributed by atoms with Crippen molar-refractivity contribution in [3.8, 4) is 0 Å². The minimum atomic E-state index is -1.40. The molecule has 5 rings (SSSR count). The molecule has 236 valence electrons. The average Bonchev–Trinajstić information content (AvgIpc) is 3.30. The highest BCUT2D eigenvalue weighted by Gasteiger charge is 2.59. The second-order valence-electron chi connectivity index (χ2n) is 15.7. The first-order valence-electron chi connectivity index (χ1n) is 17.1. The Labute approximate surface area is 249 Å². The van der Waals surface area contributed by atoms with Crippen molar-refractivity contribution < 1.29 is 29.9 Å². The third kappa shape index (κ3) is 5.73. The molecule has 4 fully saturated rings. The lowest BCUT2D eigenvalue weighted by Gasteiger charge is -2.58. The number of aliphatic hydroxyl groups is 4. The summed E-state index contributed by atoms with van der Waals surface area (Å²) in [6, 6.07) is 0. The van der Waals surface area contributed by atoms with E-state index in [0.29, 0.717) is 5.41 Å². The Morgan fingerprint density at radius 2 is 1.71 bits per heavy atom. The Bertz CT molecular complexity index is 918. The highest BCUT2D eigenvalue weighted by molar-refractivity contribution is 5.25. The molecule has 4 N–H and O–H groups in total. The molecule has 0 spiro atoms. The highest BCUT2D eigenvalue weighted by Crippen LogP contribution is 2.67. The fourth-order valence-corrected chi connectivity index (χ4v) is 10.8. The molecule has 0 aromatic rings. The monoisotopic (exact) mass is 576 g/mol. The normalized spacial score (nSPS) is 47.7. The summed E-state index contributed by atoms with van der Waals surface area (Å²) in [6.45, 7) is 14.5. The Balaban J connectivity index is 1.24. The largest absolute Gasteiger partial charge is 0.394 e. The van der Waals surface area contributed by atoms with E-state index in [1.54, 1.807) is 0 Å². The highest BCUT2D eigenvalue weighted by atomic mass is 16.7. The molecule has 0 amide bonds. The quantitative estimate of drug-likeness (QED) is 0.257. The third-order valence-electron chi connectivity index (χ3n) is 13.5. The number of aliphatic hydroxyl groups excluding tert-OH is 4. The molecule has 0 bridgehead atoms. The SMILES string of the molecule is CC[C@@H](CC[C@@H](C)[C@H]1CC[C@H]2[C@@H]3CC=C4C[C@@H](O[C@@H]5OC(CO)[C@@H](O)[C@@H](O)C5O)CC[C@]4(C)[C@H]3CC[C@]12C)C(C)C. The molecular formula is C35H60O6. The van der Waals surface area contributed by atoms with E-state index in [1.165, 1.54) is 56.9 Å². The zero-order chi connectivity index (χ0) is 29.7. The van der Waals surface area contributed by atoms with Crippen LogP contribution in [0.4, 0.5) is 0 Å². The summed E-state index contributed by atoms with van der Waals surface area (Å²) in [5, 5.41) is 40.4. The zero-order valence-corrected chi connectivity index (χ0v) is 26.7. The molecule has 4 aliphatic carbocycles. The van der Waals surface area contributed by atoms with Crippen LogP contribution >= 0.6 is 0 Å². The van der Waals surface area contributed by atoms with Crippen molar-refractivity contribution in [3.05, 3.63) is 11.6 Å². The Kier molecular flexibility index (Phi) is 9.71. The molecular weight excluding hydrogens is 516 g/mol. The van der Waals surface area contributed by atoms with E-state index >= 15 is 0 Å². The predicted octanol–water partition coefficient (Wildman–Crippen LogP) is 5.85. The van der Waals surface area contributed by atoms with Gasteiger partial charge in [0, 0.05) is 0 Å². The van der Waals surface area contributed by atoms with Gasteiger partial charge >= 0.3 is 0 Å². The predicted molar refractivity (Wildman–Crippen MR) is 161 cm³/mol. The molecule has 0 aromatic carbocycles. The first-order valence-corrected chi connectivity index (χ1v) is 17.1. The summed E-state index contributed by atoms with van der Waals surface area (Å²) in [5.74, 6) is 5.66. The van der Waals surface area contributed by atoms with E-state index in [2.05, 4.69) is 47.6 Å². The standard InChI is InChI=1S/C35H60O6/c1-7-22(20(2)3)9-8-21(4)26-12-13-27-25-11-10-23-18-24(14-16-34(23,5)28(25)15-17-35(26,27)6)40-33-32(39)31(38)30(37)29(19-36)41-33/h10,20-22,24-33,36-39H,7-9,11-19H2,1-6H3/t21-,22+,24+,25+,26-,27+,28+,29?,30-,31-,32?,33-,34+,35-/m1/s1. The summed E-state index contributed by atoms with van der Waals surface area (Å²) in [5.41, 5.74) is 2.19. The van der Waals surface area contributed by atoms with Crippen LogP contribution in [0.2, 0.25) is 0 Å². The van der Waals surface area contributed by atoms with Gasteiger partial charge in [-0.3, -0.25) is 0 Å². The van der Waals surface area contributed by atoms with Crippen LogP contribution in [0.1, 0.15) is 112 Å². The second-order valence-corrected chi connectivity index (χ2v) is 15.7. The molecule has 1 saturated heterocycles. The molecule has 14 atom stereocenters. The van der Waals surface area contributed by atoms with Crippen LogP contribution in [0, 0.1) is 52.3 Å². The van der Waals surface area contributed by atoms with Gasteiger partial charge in [-0.1, -0.05) is 66.0 Å². The van der Waals surface area contributed by atoms with E-state index < -0.39 is 37.3 Å². The van der Waals surface area contributed by atoms with Crippen LogP contribution in [-0.4, -0.2) is 63.8 Å². The number of fused-ring (bicyclic) bond motifs is 5. The number of ether oxygens (including phenoxy) is 2. The third-order valence-corrected chi connectivity index (χ3v) is 13.5. The van der Waals surface area contributed by atoms with E-state index in [4.69, 9.17) is 9.47 Å². The van der Waals surface area contributed by atoms with Crippen LogP contribution in [-0.2, 0) is 9.47 Å². The van der Waals surface area contributed by atoms with Crippen molar-refractivity contribution in [1.29, 1.82) is 0 Å². The van der Waals surface area contributed by atoms with Crippen molar-refractivity contribution in [2.45, 2.75) is 149 Å². The van der Waals surface area contributed by atoms with E-state index in [9.17, 15) is 20.4 Å². The Morgan fingerprint density at radius 3 is 2.39 bits per heavy atom. The molecule has 6 nitrogen and oxygen atoms in total. The maximum absolute atomic E-state index is 10.5. The lowest BCUT2D eigenvalue weighted by atomic mass is 9.47. The molecule has 1 heterocycles. The van der Waals surface area contributed by atoms with Gasteiger partial charge in [0.15, 0.2) is 6.29 Å². The Hall–Kier alpha value is -0.500. The fraction of sp³-hybridized carbons (Fsp3) is 0.943. The van der Waals surface area contributed by atoms with Crippen LogP contribution in [0.15, 0.2) is 11.6 Å². The number of allylic oxidation sites excluding steroid dienone is 1. The topological polar surface area (TPSA) is 99.4 Å². The van der Waals surface area contributed by atoms with E-state index in [-0.39, 0.29) is 11.5 Å². The summed E-state index contributed by atoms with van der Waals surface area (Å²) < 4.78 is 11.9. The van der Waals surface area contributed by atoms with Crippen LogP contribution in [0.5, 0.6) is 0 Å². The van der Waals surface area contributed by atoms with Crippen molar-refractivity contribution in [2.75, 3.05) is 6.61 Å². The van der Waals surface area contributed by atoms with Gasteiger partial charge in [0.2, 0.25) is 0 Å². The molecule has 41 heavy (non-hydrogen) atoms. The summed E-state index contributed by atoms with van der Waals surface area (Å²) in [7, 11) is 0. The van der Waals surface area contributed by atoms with Crippen LogP contribution in [0.25, 0.3) is 0 Å². The van der Waals surface area contributed by atoms with Gasteiger partial charge in [-0.25, -0.2) is 0 Å². The number of hydrogen-bond acceptors (Lipinski definition) is 6. The van der Waals surface area contributed by atoms with Crippen molar-refractivity contribution in [3.63, 3.8) is 0 Å². The Morgan fingerprint density at radius 1 is 0.951 bits per heavy atom. The first-order chi connectivity index (χ1) is 19.4. The van der Waals surface area contributed by atoms with E-state index in [0.717, 1.165) is 60.7 Å². The van der Waals surface area contributed by atoms with Crippen LogP contribution < -0.4 is 0 Å². The molecule has 6 heteroatoms. The maximum atomic E-state index is 10.5. The number of hydrogen-bond donors (Lipinski definition) is 4.